The molecule has 0 aliphatic carbocycles. The van der Waals surface area contributed by atoms with Crippen molar-refractivity contribution in [2.24, 2.45) is 0 Å². The van der Waals surface area contributed by atoms with Gasteiger partial charge < -0.3 is 5.32 Å². The molecule has 4 heteroatoms. The number of nitrogens with one attached hydrogen (secondary N) is 1. The molecule has 0 fully saturated rings. The molecule has 1 aromatic heterocycles. The van der Waals surface area contributed by atoms with E-state index in [1.807, 2.05) is 30.6 Å². The van der Waals surface area contributed by atoms with E-state index < -0.39 is 0 Å². The quantitative estimate of drug-likeness (QED) is 0.897. The topological polar surface area (TPSA) is 48.7 Å². The molecular formula is C13H13N3S. The van der Waals surface area contributed by atoms with Gasteiger partial charge in [0.2, 0.25) is 0 Å². The minimum absolute atomic E-state index is 0.205. The summed E-state index contributed by atoms with van der Waals surface area (Å²) in [6.07, 6.45) is 0. The van der Waals surface area contributed by atoms with Gasteiger partial charge in [-0.15, -0.1) is 11.3 Å². The lowest BCUT2D eigenvalue weighted by Gasteiger charge is -2.14. The predicted octanol–water partition coefficient (Wildman–Crippen LogP) is 3.50. The molecule has 1 atom stereocenters. The van der Waals surface area contributed by atoms with Crippen molar-refractivity contribution in [2.75, 3.05) is 5.32 Å². The van der Waals surface area contributed by atoms with Crippen LogP contribution in [0.4, 0.5) is 5.69 Å². The summed E-state index contributed by atoms with van der Waals surface area (Å²) in [5.41, 5.74) is 4.55. The molecule has 1 N–H and O–H groups in total. The highest BCUT2D eigenvalue weighted by Crippen LogP contribution is 2.25. The van der Waals surface area contributed by atoms with E-state index in [4.69, 9.17) is 5.26 Å². The van der Waals surface area contributed by atoms with E-state index in [0.717, 1.165) is 11.4 Å². The van der Waals surface area contributed by atoms with E-state index in [-0.39, 0.29) is 6.04 Å². The van der Waals surface area contributed by atoms with Crippen molar-refractivity contribution >= 4 is 17.0 Å². The Labute approximate surface area is 105 Å². The Hall–Kier alpha value is -1.86. The van der Waals surface area contributed by atoms with Gasteiger partial charge in [-0.2, -0.15) is 5.26 Å². The highest BCUT2D eigenvalue weighted by atomic mass is 32.1. The van der Waals surface area contributed by atoms with Crippen molar-refractivity contribution in [3.05, 3.63) is 45.9 Å². The van der Waals surface area contributed by atoms with E-state index in [1.165, 1.54) is 4.88 Å². The molecule has 0 saturated carbocycles. The van der Waals surface area contributed by atoms with Gasteiger partial charge in [0.1, 0.15) is 0 Å². The van der Waals surface area contributed by atoms with E-state index in [2.05, 4.69) is 23.3 Å². The molecule has 0 radical (unpaired) electrons. The van der Waals surface area contributed by atoms with Gasteiger partial charge in [-0.25, -0.2) is 4.98 Å². The average molecular weight is 243 g/mol. The molecule has 0 bridgehead atoms. The number of aryl methyl sites for hydroxylation is 1. The van der Waals surface area contributed by atoms with Crippen molar-refractivity contribution < 1.29 is 0 Å². The lowest BCUT2D eigenvalue weighted by atomic mass is 10.2. The van der Waals surface area contributed by atoms with Crippen LogP contribution in [0.1, 0.15) is 29.1 Å². The molecule has 3 nitrogen and oxygen atoms in total. The fourth-order valence-corrected chi connectivity index (χ4v) is 2.53. The van der Waals surface area contributed by atoms with Crippen LogP contribution in [-0.2, 0) is 0 Å². The number of benzene rings is 1. The van der Waals surface area contributed by atoms with E-state index >= 15 is 0 Å². The van der Waals surface area contributed by atoms with Crippen LogP contribution in [0.3, 0.4) is 0 Å². The summed E-state index contributed by atoms with van der Waals surface area (Å²) >= 11 is 1.65. The van der Waals surface area contributed by atoms with Crippen LogP contribution in [0.2, 0.25) is 0 Å². The second-order valence-corrected chi connectivity index (χ2v) is 4.75. The third-order valence-corrected chi connectivity index (χ3v) is 3.66. The molecule has 0 spiro atoms. The van der Waals surface area contributed by atoms with E-state index in [9.17, 15) is 0 Å². The predicted molar refractivity (Wildman–Crippen MR) is 70.0 cm³/mol. The molecule has 0 aliphatic heterocycles. The molecule has 17 heavy (non-hydrogen) atoms. The normalized spacial score (nSPS) is 11.8. The van der Waals surface area contributed by atoms with Crippen molar-refractivity contribution in [3.8, 4) is 6.07 Å². The Balaban J connectivity index is 2.16. The van der Waals surface area contributed by atoms with Gasteiger partial charge in [-0.3, -0.25) is 0 Å². The van der Waals surface area contributed by atoms with Crippen LogP contribution in [0.5, 0.6) is 0 Å². The summed E-state index contributed by atoms with van der Waals surface area (Å²) in [5.74, 6) is 0. The minimum atomic E-state index is 0.205. The number of rotatable bonds is 3. The van der Waals surface area contributed by atoms with Gasteiger partial charge >= 0.3 is 0 Å². The maximum Gasteiger partial charge on any atom is 0.0992 e. The van der Waals surface area contributed by atoms with Gasteiger partial charge in [0.15, 0.2) is 0 Å². The second-order valence-electron chi connectivity index (χ2n) is 3.86. The summed E-state index contributed by atoms with van der Waals surface area (Å²) in [4.78, 5) is 5.47. The molecular weight excluding hydrogens is 230 g/mol. The zero-order chi connectivity index (χ0) is 12.3. The zero-order valence-corrected chi connectivity index (χ0v) is 10.6. The Bertz CT molecular complexity index is 554. The third-order valence-electron chi connectivity index (χ3n) is 2.55. The number of aromatic nitrogens is 1. The van der Waals surface area contributed by atoms with Crippen LogP contribution >= 0.6 is 11.3 Å². The first-order valence-electron chi connectivity index (χ1n) is 5.37. The lowest BCUT2D eigenvalue weighted by molar-refractivity contribution is 0.890. The van der Waals surface area contributed by atoms with Crippen molar-refractivity contribution in [2.45, 2.75) is 19.9 Å². The first kappa shape index (κ1) is 11.6. The summed E-state index contributed by atoms with van der Waals surface area (Å²) in [7, 11) is 0. The van der Waals surface area contributed by atoms with Gasteiger partial charge in [0.25, 0.3) is 0 Å². The van der Waals surface area contributed by atoms with Crippen LogP contribution in [0, 0.1) is 18.3 Å². The number of hydrogen-bond acceptors (Lipinski definition) is 4. The smallest absolute Gasteiger partial charge is 0.0992 e. The van der Waals surface area contributed by atoms with Gasteiger partial charge in [0, 0.05) is 10.6 Å². The fourth-order valence-electron chi connectivity index (χ4n) is 1.72. The van der Waals surface area contributed by atoms with Crippen LogP contribution in [0.25, 0.3) is 0 Å². The minimum Gasteiger partial charge on any atom is -0.378 e. The largest absolute Gasteiger partial charge is 0.378 e. The number of nitrogens with zero attached hydrogens (tertiary/aromatic N) is 2. The van der Waals surface area contributed by atoms with Gasteiger partial charge in [0.05, 0.1) is 28.9 Å². The monoisotopic (exact) mass is 243 g/mol. The Morgan fingerprint density at radius 2 is 2.29 bits per heavy atom. The highest BCUT2D eigenvalue weighted by Gasteiger charge is 2.10. The molecule has 1 aromatic carbocycles. The molecule has 2 rings (SSSR count). The number of hydrogen-bond donors (Lipinski definition) is 1. The number of anilines is 1. The fraction of sp³-hybridized carbons (Fsp3) is 0.231. The summed E-state index contributed by atoms with van der Waals surface area (Å²) in [6.45, 7) is 4.11. The zero-order valence-electron chi connectivity index (χ0n) is 9.77. The maximum atomic E-state index is 8.84. The van der Waals surface area contributed by atoms with Crippen LogP contribution in [-0.4, -0.2) is 4.98 Å². The summed E-state index contributed by atoms with van der Waals surface area (Å²) in [6, 6.07) is 9.84. The van der Waals surface area contributed by atoms with E-state index in [1.54, 1.807) is 17.4 Å². The van der Waals surface area contributed by atoms with Crippen LogP contribution in [0.15, 0.2) is 29.8 Å². The molecule has 0 aliphatic rings. The molecule has 0 saturated heterocycles. The summed E-state index contributed by atoms with van der Waals surface area (Å²) < 4.78 is 0. The molecule has 2 aromatic rings. The molecule has 0 amide bonds. The summed E-state index contributed by atoms with van der Waals surface area (Å²) in [5, 5.41) is 12.2. The molecule has 1 heterocycles. The van der Waals surface area contributed by atoms with Crippen molar-refractivity contribution in [1.29, 1.82) is 5.26 Å². The number of thiazole rings is 1. The SMILES string of the molecule is Cc1ncsc1C(C)Nc1cccc(C#N)c1. The third kappa shape index (κ3) is 2.63. The van der Waals surface area contributed by atoms with Crippen LogP contribution < -0.4 is 5.32 Å². The van der Waals surface area contributed by atoms with Crippen molar-refractivity contribution in [1.82, 2.24) is 4.98 Å². The van der Waals surface area contributed by atoms with Gasteiger partial charge in [-0.1, -0.05) is 6.07 Å². The molecule has 86 valence electrons. The Morgan fingerprint density at radius 1 is 1.47 bits per heavy atom. The Kier molecular flexibility index (Phi) is 3.40. The average Bonchev–Trinajstić information content (AvgIpc) is 2.76. The molecule has 1 unspecified atom stereocenters. The van der Waals surface area contributed by atoms with Gasteiger partial charge in [-0.05, 0) is 32.0 Å². The first-order valence-corrected chi connectivity index (χ1v) is 6.25. The lowest BCUT2D eigenvalue weighted by Crippen LogP contribution is -2.06. The van der Waals surface area contributed by atoms with E-state index in [0.29, 0.717) is 5.56 Å². The standard InChI is InChI=1S/C13H13N3S/c1-9-13(17-8-15-9)10(2)16-12-5-3-4-11(6-12)7-14/h3-6,8,10,16H,1-2H3. The first-order chi connectivity index (χ1) is 8.20. The second kappa shape index (κ2) is 4.98. The van der Waals surface area contributed by atoms with Crippen molar-refractivity contribution in [3.63, 3.8) is 0 Å². The highest BCUT2D eigenvalue weighted by molar-refractivity contribution is 7.09. The maximum absolute atomic E-state index is 8.84. The Morgan fingerprint density at radius 3 is 2.94 bits per heavy atom. The number of nitriles is 1.